The standard InChI is InChI=1S/C18H20O6.C15H24O4.C12H10F8O4.C12H10O4.C11H16O4.C10H10F4O4.C9H12O4/c1-4-15(19)22-11-18(3,12-23-16(20)5-2)13-24-17(21)14-9-7-6-8-10-14;1-3-14(16)18-12-10-8-6-5-7-9-11-13-19-15(17)4-2;1-3-7(21)23-5-9(13,14)11(17,18)12(19,20)10(15,16)6-24-8(22)4-2;1-3-11(13)15-9-6-5-7-10(8-9)16-12(14)4-2;1-3-10(12)14-8-6-5-7-9-15-11(13)4-2;1-3-7(15)17-5-9(11,12)10(13,14)6-18-8(16)4-2;1-3-8(10)12-6-5-7-13-9(11)4-2/h4-10H,1-2,11-13H2,3H3;3-4H,1-2,5-13H2;3-4H,1-2,5-6H2;3-8H,1-2H2;3-4H,1-2,5-9H2;3-4H,1-2,5-6H2;3-4H,1-2,5-7H2. The maximum atomic E-state index is 13.3. The first-order chi connectivity index (χ1) is 60.5. The molecule has 0 saturated carbocycles. The van der Waals surface area contributed by atoms with E-state index in [1.54, 1.807) is 55.5 Å². The van der Waals surface area contributed by atoms with Crippen molar-refractivity contribution in [2.75, 3.05) is 85.9 Å². The fourth-order valence-corrected chi connectivity index (χ4v) is 7.20. The fourth-order valence-electron chi connectivity index (χ4n) is 7.20. The van der Waals surface area contributed by atoms with E-state index in [1.807, 2.05) is 0 Å². The first-order valence-electron chi connectivity index (χ1n) is 37.3. The van der Waals surface area contributed by atoms with Gasteiger partial charge in [0.1, 0.15) is 31.3 Å². The zero-order chi connectivity index (χ0) is 99.7. The summed E-state index contributed by atoms with van der Waals surface area (Å²) in [5.41, 5.74) is -0.507. The molecule has 2 rings (SSSR count). The minimum absolute atomic E-state index is 0.102. The molecule has 0 atom stereocenters. The van der Waals surface area contributed by atoms with Crippen molar-refractivity contribution < 1.29 is 196 Å². The van der Waals surface area contributed by atoms with Gasteiger partial charge in [0.05, 0.1) is 50.6 Å². The van der Waals surface area contributed by atoms with Gasteiger partial charge in [-0.05, 0) is 63.3 Å². The lowest BCUT2D eigenvalue weighted by Gasteiger charge is -2.36. The lowest BCUT2D eigenvalue weighted by molar-refractivity contribution is -0.374. The largest absolute Gasteiger partial charge is 0.463 e. The Morgan fingerprint density at radius 1 is 0.240 bits per heavy atom. The number of carbonyl (C=O) groups excluding carboxylic acids is 15. The van der Waals surface area contributed by atoms with E-state index in [-0.39, 0.29) is 68.6 Å². The minimum Gasteiger partial charge on any atom is -0.463 e. The number of esters is 15. The Balaban J connectivity index is -0.000000468. The second-order valence-electron chi connectivity index (χ2n) is 24.4. The Morgan fingerprint density at radius 2 is 0.442 bits per heavy atom. The summed E-state index contributed by atoms with van der Waals surface area (Å²) in [4.78, 5) is 162. The zero-order valence-electron chi connectivity index (χ0n) is 70.4. The number of hydrogen-bond donors (Lipinski definition) is 0. The summed E-state index contributed by atoms with van der Waals surface area (Å²) in [7, 11) is 0. The van der Waals surface area contributed by atoms with Crippen LogP contribution in [0.2, 0.25) is 0 Å². The number of ether oxygens (including phenoxy) is 15. The van der Waals surface area contributed by atoms with Crippen LogP contribution in [0.25, 0.3) is 0 Å². The number of unbranched alkanes of at least 4 members (excludes halogenated alkanes) is 8. The van der Waals surface area contributed by atoms with Gasteiger partial charge in [0, 0.05) is 97.6 Å². The van der Waals surface area contributed by atoms with Crippen LogP contribution in [0.4, 0.5) is 52.7 Å². The number of alkyl halides is 12. The van der Waals surface area contributed by atoms with Crippen LogP contribution in [-0.4, -0.2) is 211 Å². The van der Waals surface area contributed by atoms with Gasteiger partial charge in [-0.1, -0.05) is 148 Å². The predicted molar refractivity (Wildman–Crippen MR) is 437 cm³/mol. The fraction of sp³-hybridized carbons (Fsp3) is 0.368. The van der Waals surface area contributed by atoms with Crippen molar-refractivity contribution >= 4 is 89.5 Å². The number of benzene rings is 2. The molecule has 0 aliphatic heterocycles. The third-order valence-corrected chi connectivity index (χ3v) is 14.0. The molecule has 129 heavy (non-hydrogen) atoms. The second kappa shape index (κ2) is 70.2. The highest BCUT2D eigenvalue weighted by Crippen LogP contribution is 2.53. The molecule has 0 saturated heterocycles. The highest BCUT2D eigenvalue weighted by Gasteiger charge is 2.81. The lowest BCUT2D eigenvalue weighted by Crippen LogP contribution is -2.64. The van der Waals surface area contributed by atoms with E-state index in [9.17, 15) is 125 Å². The van der Waals surface area contributed by atoms with Crippen LogP contribution >= 0.6 is 0 Å². The molecule has 42 heteroatoms. The number of halogens is 12. The molecule has 0 aromatic heterocycles. The topological polar surface area (TPSA) is 394 Å². The maximum Gasteiger partial charge on any atom is 0.381 e. The normalized spacial score (nSPS) is 10.5. The Morgan fingerprint density at radius 3 is 0.690 bits per heavy atom. The van der Waals surface area contributed by atoms with Gasteiger partial charge in [-0.15, -0.1) is 0 Å². The molecule has 2 aromatic rings. The van der Waals surface area contributed by atoms with E-state index < -0.39 is 145 Å². The van der Waals surface area contributed by atoms with Gasteiger partial charge in [0.15, 0.2) is 26.4 Å². The van der Waals surface area contributed by atoms with Crippen molar-refractivity contribution in [3.05, 3.63) is 237 Å². The Labute approximate surface area is 735 Å². The van der Waals surface area contributed by atoms with E-state index in [0.717, 1.165) is 113 Å². The number of rotatable bonds is 55. The van der Waals surface area contributed by atoms with E-state index >= 15 is 0 Å². The molecule has 2 aromatic carbocycles. The van der Waals surface area contributed by atoms with Crippen molar-refractivity contribution in [2.45, 2.75) is 113 Å². The highest BCUT2D eigenvalue weighted by atomic mass is 19.4. The molecule has 30 nitrogen and oxygen atoms in total. The maximum absolute atomic E-state index is 13.3. The third-order valence-electron chi connectivity index (χ3n) is 14.0. The van der Waals surface area contributed by atoms with Crippen molar-refractivity contribution in [1.82, 2.24) is 0 Å². The highest BCUT2D eigenvalue weighted by molar-refractivity contribution is 5.90. The van der Waals surface area contributed by atoms with Crippen molar-refractivity contribution in [1.29, 1.82) is 0 Å². The van der Waals surface area contributed by atoms with Crippen molar-refractivity contribution in [3.8, 4) is 11.5 Å². The third kappa shape index (κ3) is 60.3. The van der Waals surface area contributed by atoms with E-state index in [0.29, 0.717) is 50.6 Å². The van der Waals surface area contributed by atoms with Crippen LogP contribution in [-0.2, 0) is 129 Å². The lowest BCUT2D eigenvalue weighted by atomic mass is 9.94. The van der Waals surface area contributed by atoms with E-state index in [1.165, 1.54) is 18.2 Å². The van der Waals surface area contributed by atoms with Gasteiger partial charge in [0.25, 0.3) is 0 Å². The zero-order valence-corrected chi connectivity index (χ0v) is 70.4. The predicted octanol–water partition coefficient (Wildman–Crippen LogP) is 14.5. The summed E-state index contributed by atoms with van der Waals surface area (Å²) in [6, 6.07) is 14.6. The quantitative estimate of drug-likeness (QED) is 0.0148. The van der Waals surface area contributed by atoms with Crippen LogP contribution in [0.5, 0.6) is 11.5 Å². The average Bonchev–Trinajstić information content (AvgIpc) is 0.739. The molecular formula is C87H102F12O30. The van der Waals surface area contributed by atoms with Gasteiger partial charge in [-0.25, -0.2) is 71.9 Å². The van der Waals surface area contributed by atoms with Gasteiger partial charge in [-0.3, -0.25) is 0 Å². The van der Waals surface area contributed by atoms with Gasteiger partial charge in [-0.2, -0.15) is 52.7 Å². The molecule has 0 amide bonds. The van der Waals surface area contributed by atoms with E-state index in [4.69, 9.17) is 42.6 Å². The molecule has 0 aliphatic carbocycles. The van der Waals surface area contributed by atoms with Crippen LogP contribution in [0.15, 0.2) is 232 Å². The SMILES string of the molecule is C=CC(=O)OCC(C)(COC(=O)C=C)COC(=O)c1ccccc1.C=CC(=O)OCC(F)(F)C(F)(F)C(F)(F)C(F)(F)COC(=O)C=C.C=CC(=O)OCC(F)(F)C(F)(F)COC(=O)C=C.C=CC(=O)OCCCCCCCCCOC(=O)C=C.C=CC(=O)OCCCCCOC(=O)C=C.C=CC(=O)OCCCOC(=O)C=C.C=CC(=O)Oc1cccc(OC(=O)C=C)c1. The Kier molecular flexibility index (Phi) is 67.2. The summed E-state index contributed by atoms with van der Waals surface area (Å²) < 4.78 is 226. The molecule has 0 spiro atoms. The monoisotopic (exact) mass is 1850 g/mol. The second-order valence-corrected chi connectivity index (χ2v) is 24.4. The Bertz CT molecular complexity index is 3830. The molecule has 0 aliphatic rings. The minimum atomic E-state index is -6.65. The van der Waals surface area contributed by atoms with Crippen LogP contribution in [0, 0.1) is 5.41 Å². The average molecular weight is 1860 g/mol. The molecule has 0 radical (unpaired) electrons. The first kappa shape index (κ1) is 124. The van der Waals surface area contributed by atoms with Crippen LogP contribution in [0.3, 0.4) is 0 Å². The van der Waals surface area contributed by atoms with Crippen molar-refractivity contribution in [2.24, 2.45) is 5.41 Å². The van der Waals surface area contributed by atoms with Crippen molar-refractivity contribution in [3.63, 3.8) is 0 Å². The van der Waals surface area contributed by atoms with Gasteiger partial charge in [0.2, 0.25) is 0 Å². The first-order valence-corrected chi connectivity index (χ1v) is 37.3. The molecule has 0 fully saturated rings. The molecule has 0 unspecified atom stereocenters. The molecular weight excluding hydrogens is 1750 g/mol. The van der Waals surface area contributed by atoms with Gasteiger partial charge < -0.3 is 71.1 Å². The molecule has 0 N–H and O–H groups in total. The number of hydrogen-bond acceptors (Lipinski definition) is 30. The van der Waals surface area contributed by atoms with Gasteiger partial charge >= 0.3 is 125 Å². The molecule has 0 heterocycles. The Hall–Kier alpha value is -14.0. The summed E-state index contributed by atoms with van der Waals surface area (Å²) in [5, 5.41) is 0. The summed E-state index contributed by atoms with van der Waals surface area (Å²) >= 11 is 0. The molecule has 714 valence electrons. The van der Waals surface area contributed by atoms with Crippen LogP contribution in [0.1, 0.15) is 87.9 Å². The summed E-state index contributed by atoms with van der Waals surface area (Å²) in [6.45, 7) is 38.6. The smallest absolute Gasteiger partial charge is 0.381 e. The summed E-state index contributed by atoms with van der Waals surface area (Å²) in [5.74, 6) is -45.1. The van der Waals surface area contributed by atoms with Crippen LogP contribution < -0.4 is 9.47 Å². The van der Waals surface area contributed by atoms with E-state index in [2.05, 4.69) is 121 Å². The summed E-state index contributed by atoms with van der Waals surface area (Å²) in [6.07, 6.45) is 22.7. The number of carbonyl (C=O) groups is 15. The molecule has 0 bridgehead atoms.